The van der Waals surface area contributed by atoms with E-state index in [2.05, 4.69) is 32.5 Å². The summed E-state index contributed by atoms with van der Waals surface area (Å²) in [6, 6.07) is 1.41. The van der Waals surface area contributed by atoms with E-state index < -0.39 is 8.80 Å². The summed E-state index contributed by atoms with van der Waals surface area (Å²) in [4.78, 5) is 0. The molecule has 0 bridgehead atoms. The average molecular weight is 166 g/mol. The lowest BCUT2D eigenvalue weighted by atomic mass is 10.2. The van der Waals surface area contributed by atoms with Gasteiger partial charge in [0.05, 0.1) is 8.80 Å². The monoisotopic (exact) mass is 166 g/mol. The summed E-state index contributed by atoms with van der Waals surface area (Å²) < 4.78 is 0. The molecular weight excluding hydrogens is 148 g/mol. The number of rotatable bonds is 3. The van der Waals surface area contributed by atoms with Gasteiger partial charge in [-0.05, 0) is 12.8 Å². The van der Waals surface area contributed by atoms with Crippen LogP contribution in [-0.2, 0) is 0 Å². The van der Waals surface area contributed by atoms with Crippen LogP contribution in [-0.4, -0.2) is 8.80 Å². The Labute approximate surface area is 71.6 Å². The van der Waals surface area contributed by atoms with E-state index in [0.717, 1.165) is 0 Å². The zero-order chi connectivity index (χ0) is 8.27. The SMILES string of the molecule is CCC1=C(CC)[SiH](CC)C=C1. The van der Waals surface area contributed by atoms with Gasteiger partial charge in [-0.15, -0.1) is 0 Å². The Morgan fingerprint density at radius 1 is 1.18 bits per heavy atom. The van der Waals surface area contributed by atoms with Crippen molar-refractivity contribution in [1.29, 1.82) is 0 Å². The van der Waals surface area contributed by atoms with Crippen molar-refractivity contribution in [3.63, 3.8) is 0 Å². The summed E-state index contributed by atoms with van der Waals surface area (Å²) in [6.45, 7) is 6.89. The van der Waals surface area contributed by atoms with E-state index in [1.54, 1.807) is 5.57 Å². The van der Waals surface area contributed by atoms with Crippen LogP contribution >= 0.6 is 0 Å². The zero-order valence-electron chi connectivity index (χ0n) is 7.85. The van der Waals surface area contributed by atoms with Crippen LogP contribution < -0.4 is 0 Å². The predicted octanol–water partition coefficient (Wildman–Crippen LogP) is 3.00. The van der Waals surface area contributed by atoms with Crippen LogP contribution in [0.1, 0.15) is 33.6 Å². The Morgan fingerprint density at radius 3 is 2.36 bits per heavy atom. The Balaban J connectivity index is 2.77. The van der Waals surface area contributed by atoms with Gasteiger partial charge < -0.3 is 0 Å². The van der Waals surface area contributed by atoms with Crippen LogP contribution in [0.25, 0.3) is 0 Å². The van der Waals surface area contributed by atoms with E-state index in [1.807, 2.05) is 5.20 Å². The largest absolute Gasteiger partial charge is 0.0929 e. The molecule has 1 atom stereocenters. The van der Waals surface area contributed by atoms with Gasteiger partial charge in [0.1, 0.15) is 0 Å². The third-order valence-electron chi connectivity index (χ3n) is 2.59. The van der Waals surface area contributed by atoms with E-state index in [4.69, 9.17) is 0 Å². The maximum Gasteiger partial charge on any atom is 0.0889 e. The van der Waals surface area contributed by atoms with Crippen LogP contribution in [0.4, 0.5) is 0 Å². The van der Waals surface area contributed by atoms with E-state index in [9.17, 15) is 0 Å². The lowest BCUT2D eigenvalue weighted by molar-refractivity contribution is 1.08. The van der Waals surface area contributed by atoms with Crippen molar-refractivity contribution < 1.29 is 0 Å². The van der Waals surface area contributed by atoms with E-state index in [1.165, 1.54) is 18.9 Å². The molecule has 11 heavy (non-hydrogen) atoms. The molecule has 0 aliphatic carbocycles. The smallest absolute Gasteiger partial charge is 0.0889 e. The van der Waals surface area contributed by atoms with Crippen molar-refractivity contribution >= 4 is 8.80 Å². The molecule has 1 aliphatic heterocycles. The summed E-state index contributed by atoms with van der Waals surface area (Å²) in [5.41, 5.74) is 4.14. The van der Waals surface area contributed by atoms with Crippen molar-refractivity contribution in [2.24, 2.45) is 0 Å². The molecule has 0 radical (unpaired) electrons. The second-order valence-corrected chi connectivity index (χ2v) is 6.24. The minimum atomic E-state index is -0.552. The van der Waals surface area contributed by atoms with Crippen molar-refractivity contribution in [3.05, 3.63) is 22.5 Å². The first-order chi connectivity index (χ1) is 5.33. The Hall–Kier alpha value is -0.303. The van der Waals surface area contributed by atoms with Crippen LogP contribution in [0.2, 0.25) is 6.04 Å². The van der Waals surface area contributed by atoms with Crippen LogP contribution in [0.15, 0.2) is 22.5 Å². The molecule has 0 aromatic carbocycles. The first-order valence-electron chi connectivity index (χ1n) is 4.73. The summed E-state index contributed by atoms with van der Waals surface area (Å²) in [5.74, 6) is 0. The standard InChI is InChI=1S/C10H18Si/c1-4-9-7-8-11(6-3)10(9)5-2/h7-8,11H,4-6H2,1-3H3. The first-order valence-corrected chi connectivity index (χ1v) is 6.79. The lowest BCUT2D eigenvalue weighted by Crippen LogP contribution is -2.09. The van der Waals surface area contributed by atoms with Gasteiger partial charge >= 0.3 is 0 Å². The molecule has 0 aromatic rings. The van der Waals surface area contributed by atoms with Crippen molar-refractivity contribution in [3.8, 4) is 0 Å². The number of hydrogen-bond donors (Lipinski definition) is 0. The van der Waals surface area contributed by atoms with Crippen molar-refractivity contribution in [2.45, 2.75) is 39.7 Å². The van der Waals surface area contributed by atoms with Crippen molar-refractivity contribution in [1.82, 2.24) is 0 Å². The second-order valence-electron chi connectivity index (χ2n) is 3.13. The fourth-order valence-electron chi connectivity index (χ4n) is 1.91. The summed E-state index contributed by atoms with van der Waals surface area (Å²) in [5, 5.41) is 1.81. The van der Waals surface area contributed by atoms with Gasteiger partial charge in [-0.2, -0.15) is 0 Å². The van der Waals surface area contributed by atoms with Crippen molar-refractivity contribution in [2.75, 3.05) is 0 Å². The van der Waals surface area contributed by atoms with E-state index in [0.29, 0.717) is 0 Å². The predicted molar refractivity (Wildman–Crippen MR) is 54.4 cm³/mol. The minimum absolute atomic E-state index is 0.552. The number of hydrogen-bond acceptors (Lipinski definition) is 0. The Morgan fingerprint density at radius 2 is 1.91 bits per heavy atom. The highest BCUT2D eigenvalue weighted by Gasteiger charge is 2.16. The molecule has 62 valence electrons. The molecule has 0 spiro atoms. The Kier molecular flexibility index (Phi) is 3.12. The molecular formula is C10H18Si. The van der Waals surface area contributed by atoms with Gasteiger partial charge in [0.2, 0.25) is 0 Å². The first kappa shape index (κ1) is 8.79. The summed E-state index contributed by atoms with van der Waals surface area (Å²) in [7, 11) is -0.552. The molecule has 1 heteroatoms. The quantitative estimate of drug-likeness (QED) is 0.565. The summed E-state index contributed by atoms with van der Waals surface area (Å²) >= 11 is 0. The Bertz CT molecular complexity index is 189. The van der Waals surface area contributed by atoms with Gasteiger partial charge in [-0.3, -0.25) is 0 Å². The maximum absolute atomic E-state index is 2.50. The molecule has 0 nitrogen and oxygen atoms in total. The highest BCUT2D eigenvalue weighted by atomic mass is 28.3. The van der Waals surface area contributed by atoms with Crippen LogP contribution in [0, 0.1) is 0 Å². The molecule has 0 saturated heterocycles. The zero-order valence-corrected chi connectivity index (χ0v) is 9.01. The second kappa shape index (κ2) is 3.91. The third kappa shape index (κ3) is 1.64. The molecule has 1 heterocycles. The number of allylic oxidation sites excluding steroid dienone is 3. The van der Waals surface area contributed by atoms with Gasteiger partial charge in [-0.1, -0.05) is 49.4 Å². The topological polar surface area (TPSA) is 0 Å². The molecule has 0 N–H and O–H groups in total. The maximum atomic E-state index is 2.50. The van der Waals surface area contributed by atoms with Crippen LogP contribution in [0.3, 0.4) is 0 Å². The molecule has 0 amide bonds. The average Bonchev–Trinajstić information content (AvgIpc) is 2.45. The highest BCUT2D eigenvalue weighted by molar-refractivity contribution is 6.72. The van der Waals surface area contributed by atoms with Gasteiger partial charge in [0, 0.05) is 0 Å². The molecule has 1 rings (SSSR count). The highest BCUT2D eigenvalue weighted by Crippen LogP contribution is 2.25. The molecule has 0 fully saturated rings. The fraction of sp³-hybridized carbons (Fsp3) is 0.600. The molecule has 0 aromatic heterocycles. The van der Waals surface area contributed by atoms with Gasteiger partial charge in [0.25, 0.3) is 0 Å². The van der Waals surface area contributed by atoms with Gasteiger partial charge in [0.15, 0.2) is 0 Å². The minimum Gasteiger partial charge on any atom is -0.0929 e. The van der Waals surface area contributed by atoms with E-state index in [-0.39, 0.29) is 0 Å². The third-order valence-corrected chi connectivity index (χ3v) is 5.80. The normalized spacial score (nSPS) is 23.4. The van der Waals surface area contributed by atoms with Gasteiger partial charge in [-0.25, -0.2) is 0 Å². The molecule has 0 saturated carbocycles. The van der Waals surface area contributed by atoms with E-state index >= 15 is 0 Å². The summed E-state index contributed by atoms with van der Waals surface area (Å²) in [6.07, 6.45) is 4.91. The molecule has 1 aliphatic rings. The molecule has 1 unspecified atom stereocenters. The lowest BCUT2D eigenvalue weighted by Gasteiger charge is -2.08. The fourth-order valence-corrected chi connectivity index (χ4v) is 4.67. The van der Waals surface area contributed by atoms with Crippen LogP contribution in [0.5, 0.6) is 0 Å².